The van der Waals surface area contributed by atoms with Crippen LogP contribution in [0.4, 0.5) is 18.9 Å². The summed E-state index contributed by atoms with van der Waals surface area (Å²) in [5.41, 5.74) is -1.05. The topological polar surface area (TPSA) is 106 Å². The van der Waals surface area contributed by atoms with Crippen LogP contribution in [-0.4, -0.2) is 52.5 Å². The fourth-order valence-electron chi connectivity index (χ4n) is 2.77. The Bertz CT molecular complexity index is 1080. The Kier molecular flexibility index (Phi) is 6.82. The van der Waals surface area contributed by atoms with Crippen molar-refractivity contribution in [3.8, 4) is 0 Å². The molecule has 1 N–H and O–H groups in total. The third kappa shape index (κ3) is 5.44. The zero-order valence-electron chi connectivity index (χ0n) is 16.5. The second-order valence-electron chi connectivity index (χ2n) is 6.66. The van der Waals surface area contributed by atoms with Crippen molar-refractivity contribution in [1.29, 1.82) is 0 Å². The molecule has 0 bridgehead atoms. The number of thioether (sulfide) groups is 1. The summed E-state index contributed by atoms with van der Waals surface area (Å²) in [5, 5.41) is 1.64. The monoisotopic (exact) mass is 467 g/mol. The van der Waals surface area contributed by atoms with Crippen LogP contribution >= 0.6 is 11.8 Å². The highest BCUT2D eigenvalue weighted by Crippen LogP contribution is 2.32. The van der Waals surface area contributed by atoms with E-state index >= 15 is 0 Å². The van der Waals surface area contributed by atoms with Crippen molar-refractivity contribution >= 4 is 41.1 Å². The Morgan fingerprint density at radius 2 is 2.00 bits per heavy atom. The minimum Gasteiger partial charge on any atom is -0.452 e. The summed E-state index contributed by atoms with van der Waals surface area (Å²) in [4.78, 5) is 53.3. The number of anilines is 1. The van der Waals surface area contributed by atoms with E-state index in [-0.39, 0.29) is 28.6 Å². The van der Waals surface area contributed by atoms with E-state index in [1.165, 1.54) is 31.4 Å². The Morgan fingerprint density at radius 1 is 1.25 bits per heavy atom. The molecule has 2 heterocycles. The number of alkyl halides is 3. The lowest BCUT2D eigenvalue weighted by Gasteiger charge is -2.12. The van der Waals surface area contributed by atoms with Gasteiger partial charge in [0, 0.05) is 25.4 Å². The summed E-state index contributed by atoms with van der Waals surface area (Å²) >= 11 is 0.931. The van der Waals surface area contributed by atoms with Crippen LogP contribution in [0.3, 0.4) is 0 Å². The lowest BCUT2D eigenvalue weighted by molar-refractivity contribution is -0.138. The normalized spacial score (nSPS) is 16.2. The lowest BCUT2D eigenvalue weighted by atomic mass is 10.2. The highest BCUT2D eigenvalue weighted by molar-refractivity contribution is 8.00. The second kappa shape index (κ2) is 9.39. The summed E-state index contributed by atoms with van der Waals surface area (Å²) < 4.78 is 43.2. The molecule has 1 aromatic heterocycles. The summed E-state index contributed by atoms with van der Waals surface area (Å²) in [5.74, 6) is -2.51. The first kappa shape index (κ1) is 23.3. The number of imide groups is 1. The zero-order chi connectivity index (χ0) is 23.5. The first-order valence-electron chi connectivity index (χ1n) is 9.12. The van der Waals surface area contributed by atoms with Crippen LogP contribution in [0.5, 0.6) is 0 Å². The van der Waals surface area contributed by atoms with Gasteiger partial charge in [-0.05, 0) is 30.3 Å². The van der Waals surface area contributed by atoms with E-state index in [2.05, 4.69) is 10.3 Å². The van der Waals surface area contributed by atoms with Gasteiger partial charge in [0.15, 0.2) is 6.61 Å². The first-order valence-corrected chi connectivity index (χ1v) is 10.0. The number of aromatic nitrogens is 1. The van der Waals surface area contributed by atoms with Gasteiger partial charge in [0.25, 0.3) is 5.91 Å². The van der Waals surface area contributed by atoms with E-state index < -0.39 is 41.4 Å². The van der Waals surface area contributed by atoms with Crippen LogP contribution < -0.4 is 5.32 Å². The minimum absolute atomic E-state index is 0.0147. The summed E-state index contributed by atoms with van der Waals surface area (Å²) in [6, 6.07) is 6.85. The summed E-state index contributed by atoms with van der Waals surface area (Å²) in [7, 11) is 1.36. The van der Waals surface area contributed by atoms with Crippen LogP contribution in [0, 0.1) is 0 Å². The summed E-state index contributed by atoms with van der Waals surface area (Å²) in [6.45, 7) is -0.752. The standard InChI is InChI=1S/C20H16F3N3O5S/c1-26-16(28)9-14(18(26)29)32-17-13(6-3-7-24-17)19(30)31-10-15(27)25-12-5-2-4-11(8-12)20(21,22)23/h2-8,14H,9-10H2,1H3,(H,25,27). The molecule has 3 rings (SSSR count). The number of carbonyl (C=O) groups is 4. The predicted octanol–water partition coefficient (Wildman–Crippen LogP) is 2.75. The second-order valence-corrected chi connectivity index (χ2v) is 7.85. The molecular weight excluding hydrogens is 451 g/mol. The Balaban J connectivity index is 1.62. The van der Waals surface area contributed by atoms with Crippen LogP contribution in [0.15, 0.2) is 47.6 Å². The molecular formula is C20H16F3N3O5S. The number of pyridine rings is 1. The quantitative estimate of drug-likeness (QED) is 0.514. The molecule has 168 valence electrons. The Hall–Kier alpha value is -3.41. The van der Waals surface area contributed by atoms with Gasteiger partial charge in [-0.15, -0.1) is 0 Å². The van der Waals surface area contributed by atoms with Crippen molar-refractivity contribution in [3.63, 3.8) is 0 Å². The van der Waals surface area contributed by atoms with Crippen LogP contribution in [-0.2, 0) is 25.3 Å². The van der Waals surface area contributed by atoms with E-state index in [1.807, 2.05) is 0 Å². The highest BCUT2D eigenvalue weighted by Gasteiger charge is 2.37. The molecule has 1 unspecified atom stereocenters. The maximum Gasteiger partial charge on any atom is 0.416 e. The average molecular weight is 467 g/mol. The number of hydrogen-bond donors (Lipinski definition) is 1. The lowest BCUT2D eigenvalue weighted by Crippen LogP contribution is -2.26. The maximum absolute atomic E-state index is 12.8. The Morgan fingerprint density at radius 3 is 2.66 bits per heavy atom. The van der Waals surface area contributed by atoms with Gasteiger partial charge in [-0.3, -0.25) is 19.3 Å². The third-order valence-corrected chi connectivity index (χ3v) is 5.59. The molecule has 1 aromatic carbocycles. The van der Waals surface area contributed by atoms with Crippen molar-refractivity contribution in [1.82, 2.24) is 9.88 Å². The minimum atomic E-state index is -4.57. The molecule has 1 atom stereocenters. The van der Waals surface area contributed by atoms with Gasteiger partial charge in [0.05, 0.1) is 16.4 Å². The molecule has 0 spiro atoms. The number of nitrogens with one attached hydrogen (secondary N) is 1. The van der Waals surface area contributed by atoms with Gasteiger partial charge in [0.2, 0.25) is 11.8 Å². The molecule has 1 fully saturated rings. The van der Waals surface area contributed by atoms with Crippen molar-refractivity contribution in [2.75, 3.05) is 19.0 Å². The van der Waals surface area contributed by atoms with E-state index in [0.29, 0.717) is 0 Å². The molecule has 32 heavy (non-hydrogen) atoms. The largest absolute Gasteiger partial charge is 0.452 e. The van der Waals surface area contributed by atoms with Gasteiger partial charge in [0.1, 0.15) is 5.03 Å². The first-order chi connectivity index (χ1) is 15.1. The number of esters is 1. The van der Waals surface area contributed by atoms with Crippen LogP contribution in [0.25, 0.3) is 0 Å². The number of hydrogen-bond acceptors (Lipinski definition) is 7. The molecule has 2 aromatic rings. The highest BCUT2D eigenvalue weighted by atomic mass is 32.2. The van der Waals surface area contributed by atoms with Gasteiger partial charge in [-0.25, -0.2) is 9.78 Å². The molecule has 1 aliphatic heterocycles. The van der Waals surface area contributed by atoms with Crippen molar-refractivity contribution in [2.24, 2.45) is 0 Å². The molecule has 3 amide bonds. The smallest absolute Gasteiger partial charge is 0.416 e. The molecule has 0 aliphatic carbocycles. The number of halogens is 3. The van der Waals surface area contributed by atoms with E-state index in [1.54, 1.807) is 0 Å². The molecule has 0 radical (unpaired) electrons. The number of amides is 3. The summed E-state index contributed by atoms with van der Waals surface area (Å²) in [6.07, 6.45) is -3.21. The SMILES string of the molecule is CN1C(=O)CC(Sc2ncccc2C(=O)OCC(=O)Nc2cccc(C(F)(F)F)c2)C1=O. The number of likely N-dealkylation sites (tertiary alicyclic amines) is 1. The number of nitrogens with zero attached hydrogens (tertiary/aromatic N) is 2. The van der Waals surface area contributed by atoms with E-state index in [0.717, 1.165) is 34.9 Å². The fraction of sp³-hybridized carbons (Fsp3) is 0.250. The number of carbonyl (C=O) groups excluding carboxylic acids is 4. The van der Waals surface area contributed by atoms with Crippen LogP contribution in [0.2, 0.25) is 0 Å². The Labute approximate surface area is 184 Å². The van der Waals surface area contributed by atoms with Gasteiger partial charge < -0.3 is 10.1 Å². The van der Waals surface area contributed by atoms with Crippen LogP contribution in [0.1, 0.15) is 22.3 Å². The number of rotatable bonds is 6. The molecule has 8 nitrogen and oxygen atoms in total. The third-order valence-electron chi connectivity index (χ3n) is 4.39. The van der Waals surface area contributed by atoms with E-state index in [4.69, 9.17) is 4.74 Å². The zero-order valence-corrected chi connectivity index (χ0v) is 17.3. The van der Waals surface area contributed by atoms with Gasteiger partial charge in [-0.1, -0.05) is 17.8 Å². The van der Waals surface area contributed by atoms with Crippen molar-refractivity contribution < 1.29 is 37.1 Å². The van der Waals surface area contributed by atoms with Crippen molar-refractivity contribution in [2.45, 2.75) is 22.9 Å². The number of benzene rings is 1. The van der Waals surface area contributed by atoms with Gasteiger partial charge >= 0.3 is 12.1 Å². The predicted molar refractivity (Wildman–Crippen MR) is 107 cm³/mol. The molecule has 1 saturated heterocycles. The average Bonchev–Trinajstić information content (AvgIpc) is 2.98. The maximum atomic E-state index is 12.8. The number of ether oxygens (including phenoxy) is 1. The molecule has 0 saturated carbocycles. The van der Waals surface area contributed by atoms with E-state index in [9.17, 15) is 32.3 Å². The molecule has 12 heteroatoms. The fourth-order valence-corrected chi connectivity index (χ4v) is 3.92. The van der Waals surface area contributed by atoms with Gasteiger partial charge in [-0.2, -0.15) is 13.2 Å². The van der Waals surface area contributed by atoms with Crippen molar-refractivity contribution in [3.05, 3.63) is 53.7 Å². The molecule has 1 aliphatic rings.